The summed E-state index contributed by atoms with van der Waals surface area (Å²) in [5, 5.41) is 2.79. The molecule has 0 saturated heterocycles. The van der Waals surface area contributed by atoms with Crippen LogP contribution in [0.15, 0.2) is 41.9 Å². The fraction of sp³-hybridized carbons (Fsp3) is 0.435. The molecular weight excluding hydrogens is 480 g/mol. The highest BCUT2D eigenvalue weighted by Gasteiger charge is 2.23. The number of nitrogens with zero attached hydrogens (tertiary/aromatic N) is 1. The van der Waals surface area contributed by atoms with Crippen LogP contribution in [0.1, 0.15) is 56.2 Å². The van der Waals surface area contributed by atoms with Crippen molar-refractivity contribution in [2.75, 3.05) is 19.5 Å². The molecule has 0 unspecified atom stereocenters. The first kappa shape index (κ1) is 27.5. The Kier molecular flexibility index (Phi) is 9.37. The Labute approximate surface area is 204 Å². The van der Waals surface area contributed by atoms with E-state index in [-0.39, 0.29) is 25.3 Å². The van der Waals surface area contributed by atoms with Gasteiger partial charge in [-0.1, -0.05) is 30.8 Å². The average Bonchev–Trinajstić information content (AvgIpc) is 3.20. The molecule has 0 saturated carbocycles. The van der Waals surface area contributed by atoms with Gasteiger partial charge < -0.3 is 14.8 Å². The lowest BCUT2D eigenvalue weighted by atomic mass is 9.96. The van der Waals surface area contributed by atoms with E-state index in [1.807, 2.05) is 0 Å². The molecule has 34 heavy (non-hydrogen) atoms. The van der Waals surface area contributed by atoms with Crippen LogP contribution in [0.4, 0.5) is 4.79 Å². The number of carbonyl (C=O) groups is 2. The topological polar surface area (TPSA) is 121 Å². The quantitative estimate of drug-likeness (QED) is 0.282. The van der Waals surface area contributed by atoms with Crippen molar-refractivity contribution in [1.29, 1.82) is 0 Å². The van der Waals surface area contributed by atoms with Crippen LogP contribution in [0.5, 0.6) is 0 Å². The number of thiazole rings is 1. The number of ether oxygens (including phenoxy) is 2. The molecule has 0 fully saturated rings. The highest BCUT2D eigenvalue weighted by molar-refractivity contribution is 7.85. The third-order valence-corrected chi connectivity index (χ3v) is 5.80. The molecule has 186 valence electrons. The Morgan fingerprint density at radius 2 is 1.85 bits per heavy atom. The zero-order valence-electron chi connectivity index (χ0n) is 19.9. The van der Waals surface area contributed by atoms with E-state index in [2.05, 4.69) is 16.9 Å². The van der Waals surface area contributed by atoms with Gasteiger partial charge in [-0.2, -0.15) is 8.42 Å². The predicted octanol–water partition coefficient (Wildman–Crippen LogP) is 4.48. The van der Waals surface area contributed by atoms with Gasteiger partial charge in [-0.3, -0.25) is 4.18 Å². The van der Waals surface area contributed by atoms with Crippen molar-refractivity contribution in [1.82, 2.24) is 10.3 Å². The molecule has 0 aliphatic heterocycles. The zero-order chi connectivity index (χ0) is 25.5. The zero-order valence-corrected chi connectivity index (χ0v) is 21.5. The number of nitrogens with one attached hydrogen (secondary N) is 1. The first-order valence-corrected chi connectivity index (χ1v) is 13.2. The van der Waals surface area contributed by atoms with Gasteiger partial charge in [-0.25, -0.2) is 14.6 Å². The lowest BCUT2D eigenvalue weighted by Crippen LogP contribution is -2.35. The first-order chi connectivity index (χ1) is 15.8. The summed E-state index contributed by atoms with van der Waals surface area (Å²) in [6, 6.07) is 6.52. The summed E-state index contributed by atoms with van der Waals surface area (Å²) < 4.78 is 37.8. The van der Waals surface area contributed by atoms with Crippen molar-refractivity contribution in [2.45, 2.75) is 45.8 Å². The van der Waals surface area contributed by atoms with Crippen molar-refractivity contribution >= 4 is 33.5 Å². The number of carbonyl (C=O) groups excluding carboxylic acids is 2. The SMILES string of the molecule is C=C(CCOS(C)(=O)=O)[C@H](NC(=O)OC(C)(C)C)c1ccc(-c2scnc2C(=O)OCC)cc1. The van der Waals surface area contributed by atoms with E-state index in [4.69, 9.17) is 13.7 Å². The normalized spacial score (nSPS) is 12.6. The highest BCUT2D eigenvalue weighted by atomic mass is 32.2. The molecule has 1 N–H and O–H groups in total. The van der Waals surface area contributed by atoms with Crippen molar-refractivity contribution in [2.24, 2.45) is 0 Å². The van der Waals surface area contributed by atoms with Crippen molar-refractivity contribution in [3.63, 3.8) is 0 Å². The van der Waals surface area contributed by atoms with E-state index in [1.54, 1.807) is 57.5 Å². The van der Waals surface area contributed by atoms with Gasteiger partial charge in [0.1, 0.15) is 5.60 Å². The smallest absolute Gasteiger partial charge is 0.408 e. The minimum absolute atomic E-state index is 0.105. The van der Waals surface area contributed by atoms with Gasteiger partial charge in [0.05, 0.1) is 35.9 Å². The van der Waals surface area contributed by atoms with Crippen LogP contribution < -0.4 is 5.32 Å². The van der Waals surface area contributed by atoms with Gasteiger partial charge in [-0.15, -0.1) is 11.3 Å². The van der Waals surface area contributed by atoms with Crippen molar-refractivity contribution in [3.8, 4) is 10.4 Å². The largest absolute Gasteiger partial charge is 0.461 e. The van der Waals surface area contributed by atoms with Crippen LogP contribution in [0.2, 0.25) is 0 Å². The molecule has 0 bridgehead atoms. The third-order valence-electron chi connectivity index (χ3n) is 4.33. The molecule has 0 radical (unpaired) electrons. The molecule has 1 amide bonds. The standard InChI is InChI=1S/C23H30N2O7S2/c1-7-30-21(26)19-20(33-14-24-19)17-10-8-16(9-11-17)18(25-22(27)32-23(3,4)5)15(2)12-13-31-34(6,28)29/h8-11,14,18H,2,7,12-13H2,1,3-6H3,(H,25,27)/t18-/m0/s1. The molecule has 0 spiro atoms. The number of hydrogen-bond acceptors (Lipinski definition) is 9. The molecule has 9 nitrogen and oxygen atoms in total. The summed E-state index contributed by atoms with van der Waals surface area (Å²) in [6.45, 7) is 11.1. The van der Waals surface area contributed by atoms with Crippen LogP contribution in [-0.2, 0) is 23.8 Å². The van der Waals surface area contributed by atoms with Crippen molar-refractivity contribution in [3.05, 3.63) is 53.2 Å². The molecule has 1 heterocycles. The molecule has 0 aliphatic carbocycles. The fourth-order valence-electron chi connectivity index (χ4n) is 2.94. The third kappa shape index (κ3) is 8.54. The Hall–Kier alpha value is -2.76. The maximum atomic E-state index is 12.5. The van der Waals surface area contributed by atoms with Crippen LogP contribution in [0, 0.1) is 0 Å². The van der Waals surface area contributed by atoms with Gasteiger partial charge in [0.25, 0.3) is 10.1 Å². The van der Waals surface area contributed by atoms with E-state index < -0.39 is 33.8 Å². The fourth-order valence-corrected chi connectivity index (χ4v) is 4.11. The maximum absolute atomic E-state index is 12.5. The molecule has 1 atom stereocenters. The predicted molar refractivity (Wildman–Crippen MR) is 130 cm³/mol. The highest BCUT2D eigenvalue weighted by Crippen LogP contribution is 2.31. The molecule has 0 aliphatic rings. The number of alkyl carbamates (subject to hydrolysis) is 1. The summed E-state index contributed by atoms with van der Waals surface area (Å²) in [6.07, 6.45) is 0.519. The van der Waals surface area contributed by atoms with E-state index in [0.29, 0.717) is 16.0 Å². The summed E-state index contributed by atoms with van der Waals surface area (Å²) >= 11 is 1.32. The number of benzene rings is 1. The summed E-state index contributed by atoms with van der Waals surface area (Å²) in [5.41, 5.74) is 3.11. The van der Waals surface area contributed by atoms with Gasteiger partial charge >= 0.3 is 12.1 Å². The van der Waals surface area contributed by atoms with E-state index in [9.17, 15) is 18.0 Å². The lowest BCUT2D eigenvalue weighted by molar-refractivity contribution is 0.0504. The van der Waals surface area contributed by atoms with Crippen LogP contribution in [-0.4, -0.2) is 50.5 Å². The molecule has 11 heteroatoms. The molecule has 1 aromatic heterocycles. The maximum Gasteiger partial charge on any atom is 0.408 e. The minimum atomic E-state index is -3.60. The number of amides is 1. The number of esters is 1. The summed E-state index contributed by atoms with van der Waals surface area (Å²) in [7, 11) is -3.60. The number of aromatic nitrogens is 1. The average molecular weight is 511 g/mol. The number of hydrogen-bond donors (Lipinski definition) is 1. The van der Waals surface area contributed by atoms with Crippen LogP contribution in [0.25, 0.3) is 10.4 Å². The van der Waals surface area contributed by atoms with Gasteiger partial charge in [-0.05, 0) is 50.8 Å². The Morgan fingerprint density at radius 1 is 1.21 bits per heavy atom. The Balaban J connectivity index is 2.28. The second-order valence-electron chi connectivity index (χ2n) is 8.39. The van der Waals surface area contributed by atoms with E-state index >= 15 is 0 Å². The lowest BCUT2D eigenvalue weighted by Gasteiger charge is -2.25. The van der Waals surface area contributed by atoms with E-state index in [0.717, 1.165) is 11.8 Å². The van der Waals surface area contributed by atoms with Crippen LogP contribution in [0.3, 0.4) is 0 Å². The van der Waals surface area contributed by atoms with Gasteiger partial charge in [0, 0.05) is 0 Å². The second kappa shape index (κ2) is 11.6. The van der Waals surface area contributed by atoms with Crippen molar-refractivity contribution < 1.29 is 31.7 Å². The number of rotatable bonds is 10. The molecule has 2 rings (SSSR count). The van der Waals surface area contributed by atoms with Gasteiger partial charge in [0.2, 0.25) is 0 Å². The molecular formula is C23H30N2O7S2. The summed E-state index contributed by atoms with van der Waals surface area (Å²) in [5.74, 6) is -0.494. The Bertz CT molecular complexity index is 1120. The van der Waals surface area contributed by atoms with E-state index in [1.165, 1.54) is 11.3 Å². The molecule has 2 aromatic rings. The van der Waals surface area contributed by atoms with Gasteiger partial charge in [0.15, 0.2) is 5.69 Å². The first-order valence-electron chi connectivity index (χ1n) is 10.5. The van der Waals surface area contributed by atoms with Crippen LogP contribution >= 0.6 is 11.3 Å². The summed E-state index contributed by atoms with van der Waals surface area (Å²) in [4.78, 5) is 29.4. The minimum Gasteiger partial charge on any atom is -0.461 e. The monoisotopic (exact) mass is 510 g/mol. The molecule has 1 aromatic carbocycles. The second-order valence-corrected chi connectivity index (χ2v) is 10.9. The Morgan fingerprint density at radius 3 is 2.41 bits per heavy atom.